The summed E-state index contributed by atoms with van der Waals surface area (Å²) in [5.41, 5.74) is 0.835. The van der Waals surface area contributed by atoms with E-state index < -0.39 is 9.84 Å². The molecule has 2 heterocycles. The topological polar surface area (TPSA) is 61.2 Å². The van der Waals surface area contributed by atoms with Gasteiger partial charge in [0.2, 0.25) is 0 Å². The number of rotatable bonds is 1. The molecule has 2 saturated heterocycles. The van der Waals surface area contributed by atoms with Gasteiger partial charge in [-0.25, -0.2) is 8.42 Å². The number of fused-ring (bicyclic) bond motifs is 1. The van der Waals surface area contributed by atoms with Crippen molar-refractivity contribution in [3.05, 3.63) is 29.3 Å². The predicted molar refractivity (Wildman–Crippen MR) is 75.5 cm³/mol. The Balaban J connectivity index is 1.96. The van der Waals surface area contributed by atoms with Crippen molar-refractivity contribution in [2.24, 2.45) is 0 Å². The van der Waals surface area contributed by atoms with Crippen LogP contribution >= 0.6 is 23.4 Å². The molecule has 0 spiro atoms. The Kier molecular flexibility index (Phi) is 2.84. The Bertz CT molecular complexity index is 600. The molecule has 0 unspecified atom stereocenters. The second-order valence-electron chi connectivity index (χ2n) is 4.45. The molecule has 0 aromatic heterocycles. The minimum absolute atomic E-state index is 0.0156. The van der Waals surface area contributed by atoms with Gasteiger partial charge in [-0.2, -0.15) is 0 Å². The fourth-order valence-electron chi connectivity index (χ4n) is 2.41. The van der Waals surface area contributed by atoms with Crippen molar-refractivity contribution >= 4 is 44.1 Å². The second-order valence-corrected chi connectivity index (χ2v) is 8.27. The number of benzene rings is 1. The van der Waals surface area contributed by atoms with Gasteiger partial charge >= 0.3 is 0 Å². The number of nitrogens with zero attached hydrogens (tertiary/aromatic N) is 1. The van der Waals surface area contributed by atoms with Crippen LogP contribution in [0.4, 0.5) is 5.69 Å². The third-order valence-corrected chi connectivity index (χ3v) is 6.57. The van der Waals surface area contributed by atoms with Crippen LogP contribution in [0.3, 0.4) is 0 Å². The maximum Gasteiger partial charge on any atom is 0.161 e. The average molecular weight is 303 g/mol. The van der Waals surface area contributed by atoms with Gasteiger partial charge in [0, 0.05) is 16.0 Å². The monoisotopic (exact) mass is 302 g/mol. The van der Waals surface area contributed by atoms with Gasteiger partial charge in [-0.3, -0.25) is 5.41 Å². The zero-order valence-corrected chi connectivity index (χ0v) is 11.7. The van der Waals surface area contributed by atoms with Gasteiger partial charge in [0.1, 0.15) is 0 Å². The van der Waals surface area contributed by atoms with E-state index in [9.17, 15) is 8.42 Å². The largest absolute Gasteiger partial charge is 0.316 e. The molecule has 96 valence electrons. The first kappa shape index (κ1) is 12.3. The summed E-state index contributed by atoms with van der Waals surface area (Å²) < 4.78 is 23.3. The zero-order valence-electron chi connectivity index (χ0n) is 9.34. The maximum absolute atomic E-state index is 11.7. The van der Waals surface area contributed by atoms with Crippen molar-refractivity contribution in [1.82, 2.24) is 0 Å². The lowest BCUT2D eigenvalue weighted by molar-refractivity contribution is 0.601. The second kappa shape index (κ2) is 4.15. The average Bonchev–Trinajstić information content (AvgIpc) is 2.70. The molecule has 0 aliphatic carbocycles. The van der Waals surface area contributed by atoms with Gasteiger partial charge in [-0.05, 0) is 24.3 Å². The lowest BCUT2D eigenvalue weighted by atomic mass is 10.2. The molecule has 0 saturated carbocycles. The zero-order chi connectivity index (χ0) is 12.9. The predicted octanol–water partition coefficient (Wildman–Crippen LogP) is 1.99. The van der Waals surface area contributed by atoms with Crippen LogP contribution in [0.15, 0.2) is 24.3 Å². The van der Waals surface area contributed by atoms with Gasteiger partial charge in [-0.1, -0.05) is 23.4 Å². The highest BCUT2D eigenvalue weighted by atomic mass is 35.5. The summed E-state index contributed by atoms with van der Waals surface area (Å²) in [5.74, 6) is 0.310. The Morgan fingerprint density at radius 1 is 1.28 bits per heavy atom. The van der Waals surface area contributed by atoms with Crippen molar-refractivity contribution < 1.29 is 8.42 Å². The van der Waals surface area contributed by atoms with E-state index >= 15 is 0 Å². The van der Waals surface area contributed by atoms with E-state index in [1.165, 1.54) is 11.8 Å². The molecule has 1 aromatic carbocycles. The number of hydrogen-bond donors (Lipinski definition) is 1. The molecule has 7 heteroatoms. The highest BCUT2D eigenvalue weighted by molar-refractivity contribution is 8.15. The van der Waals surface area contributed by atoms with Gasteiger partial charge < -0.3 is 4.90 Å². The van der Waals surface area contributed by atoms with Crippen LogP contribution in [-0.4, -0.2) is 36.4 Å². The van der Waals surface area contributed by atoms with Crippen molar-refractivity contribution in [2.75, 3.05) is 16.4 Å². The summed E-state index contributed by atoms with van der Waals surface area (Å²) >= 11 is 7.18. The number of halogens is 1. The minimum atomic E-state index is -2.96. The van der Waals surface area contributed by atoms with Gasteiger partial charge in [0.15, 0.2) is 15.0 Å². The lowest BCUT2D eigenvalue weighted by Crippen LogP contribution is -2.37. The highest BCUT2D eigenvalue weighted by Gasteiger charge is 2.48. The van der Waals surface area contributed by atoms with Crippen molar-refractivity contribution in [3.63, 3.8) is 0 Å². The van der Waals surface area contributed by atoms with E-state index in [0.717, 1.165) is 5.69 Å². The molecule has 1 aromatic rings. The van der Waals surface area contributed by atoms with Crippen LogP contribution in [0.1, 0.15) is 0 Å². The number of thioether (sulfide) groups is 1. The number of sulfone groups is 1. The molecule has 2 fully saturated rings. The normalized spacial score (nSPS) is 29.6. The molecule has 4 nitrogen and oxygen atoms in total. The minimum Gasteiger partial charge on any atom is -0.316 e. The molecule has 2 aliphatic heterocycles. The van der Waals surface area contributed by atoms with Crippen LogP contribution in [0.2, 0.25) is 5.02 Å². The lowest BCUT2D eigenvalue weighted by Gasteiger charge is -2.23. The van der Waals surface area contributed by atoms with E-state index in [-0.39, 0.29) is 22.8 Å². The Morgan fingerprint density at radius 2 is 1.94 bits per heavy atom. The molecule has 0 amide bonds. The number of hydrogen-bond acceptors (Lipinski definition) is 4. The van der Waals surface area contributed by atoms with Crippen molar-refractivity contribution in [1.29, 1.82) is 5.41 Å². The molecule has 0 bridgehead atoms. The van der Waals surface area contributed by atoms with E-state index in [1.807, 2.05) is 12.1 Å². The third kappa shape index (κ3) is 2.02. The molecule has 3 rings (SSSR count). The number of amidine groups is 1. The molecule has 1 N–H and O–H groups in total. The first-order valence-electron chi connectivity index (χ1n) is 5.47. The Hall–Kier alpha value is -0.720. The van der Waals surface area contributed by atoms with Crippen LogP contribution < -0.4 is 4.90 Å². The maximum atomic E-state index is 11.7. The molecule has 0 radical (unpaired) electrons. The van der Waals surface area contributed by atoms with Crippen molar-refractivity contribution in [3.8, 4) is 0 Å². The Labute approximate surface area is 115 Å². The third-order valence-electron chi connectivity index (χ3n) is 3.19. The smallest absolute Gasteiger partial charge is 0.161 e. The van der Waals surface area contributed by atoms with E-state index in [1.54, 1.807) is 17.0 Å². The van der Waals surface area contributed by atoms with Crippen LogP contribution in [0.25, 0.3) is 0 Å². The summed E-state index contributed by atoms with van der Waals surface area (Å²) in [4.78, 5) is 1.80. The molecular weight excluding hydrogens is 292 g/mol. The summed E-state index contributed by atoms with van der Waals surface area (Å²) in [7, 11) is -2.96. The van der Waals surface area contributed by atoms with Gasteiger partial charge in [-0.15, -0.1) is 0 Å². The molecule has 2 atom stereocenters. The van der Waals surface area contributed by atoms with E-state index in [4.69, 9.17) is 17.0 Å². The highest BCUT2D eigenvalue weighted by Crippen LogP contribution is 2.40. The molecular formula is C11H11ClN2O2S2. The fraction of sp³-hybridized carbons (Fsp3) is 0.364. The summed E-state index contributed by atoms with van der Waals surface area (Å²) in [6.07, 6.45) is 0. The van der Waals surface area contributed by atoms with Crippen LogP contribution in [0.5, 0.6) is 0 Å². The van der Waals surface area contributed by atoms with Gasteiger partial charge in [0.25, 0.3) is 0 Å². The van der Waals surface area contributed by atoms with E-state index in [2.05, 4.69) is 0 Å². The first-order valence-corrected chi connectivity index (χ1v) is 8.55. The molecule has 18 heavy (non-hydrogen) atoms. The molecule has 2 aliphatic rings. The summed E-state index contributed by atoms with van der Waals surface area (Å²) in [5, 5.41) is 9.02. The first-order chi connectivity index (χ1) is 8.46. The van der Waals surface area contributed by atoms with Crippen molar-refractivity contribution in [2.45, 2.75) is 11.3 Å². The van der Waals surface area contributed by atoms with E-state index in [0.29, 0.717) is 10.2 Å². The van der Waals surface area contributed by atoms with Gasteiger partial charge in [0.05, 0.1) is 17.5 Å². The van der Waals surface area contributed by atoms with Crippen LogP contribution in [-0.2, 0) is 9.84 Å². The fourth-order valence-corrected chi connectivity index (χ4v) is 6.33. The standard InChI is InChI=1S/C11H11ClN2O2S2/c12-7-1-3-8(4-2-7)14-9-5-18(15,16)6-10(9)17-11(14)13/h1-4,9-10,13H,5-6H2/t9-,10+/m0/s1. The van der Waals surface area contributed by atoms with Crippen LogP contribution in [0, 0.1) is 5.41 Å². The number of nitrogens with one attached hydrogen (secondary N) is 1. The number of anilines is 1. The SMILES string of the molecule is N=C1S[C@@H]2CS(=O)(=O)C[C@@H]2N1c1ccc(Cl)cc1. The summed E-state index contributed by atoms with van der Waals surface area (Å²) in [6, 6.07) is 7.04. The summed E-state index contributed by atoms with van der Waals surface area (Å²) in [6.45, 7) is 0. The Morgan fingerprint density at radius 3 is 2.61 bits per heavy atom. The quantitative estimate of drug-likeness (QED) is 0.862.